The minimum atomic E-state index is -3.81. The molecule has 1 fully saturated rings. The highest BCUT2D eigenvalue weighted by Crippen LogP contribution is 2.26. The highest BCUT2D eigenvalue weighted by Gasteiger charge is 2.34. The maximum absolute atomic E-state index is 12.2. The van der Waals surface area contributed by atoms with Crippen molar-refractivity contribution in [1.29, 1.82) is 0 Å². The average Bonchev–Trinajstić information content (AvgIpc) is 2.18. The summed E-state index contributed by atoms with van der Waals surface area (Å²) in [5.41, 5.74) is 0. The highest BCUT2D eigenvalue weighted by atomic mass is 79.9. The molecule has 0 aromatic heterocycles. The van der Waals surface area contributed by atoms with Crippen LogP contribution in [0.1, 0.15) is 39.5 Å². The first-order valence-corrected chi connectivity index (χ1v) is 8.99. The number of halogens is 1. The molecular formula is C11H21BrN2O4S. The number of hydrogen-bond acceptors (Lipinski definition) is 4. The number of nitrogens with one attached hydrogen (secondary N) is 1. The van der Waals surface area contributed by atoms with Gasteiger partial charge >= 0.3 is 16.3 Å². The molecule has 0 aromatic rings. The fourth-order valence-corrected chi connectivity index (χ4v) is 3.39. The van der Waals surface area contributed by atoms with E-state index in [4.69, 9.17) is 4.74 Å². The maximum atomic E-state index is 12.2. The van der Waals surface area contributed by atoms with E-state index in [1.54, 1.807) is 13.8 Å². The van der Waals surface area contributed by atoms with Gasteiger partial charge in [-0.25, -0.2) is 9.52 Å². The van der Waals surface area contributed by atoms with Crippen molar-refractivity contribution in [2.24, 2.45) is 0 Å². The van der Waals surface area contributed by atoms with E-state index in [1.807, 2.05) is 4.72 Å². The monoisotopic (exact) mass is 356 g/mol. The van der Waals surface area contributed by atoms with Crippen LogP contribution < -0.4 is 4.72 Å². The van der Waals surface area contributed by atoms with Crippen LogP contribution in [0, 0.1) is 0 Å². The van der Waals surface area contributed by atoms with E-state index in [2.05, 4.69) is 15.9 Å². The Balaban J connectivity index is 2.66. The van der Waals surface area contributed by atoms with Gasteiger partial charge in [0.15, 0.2) is 0 Å². The lowest BCUT2D eigenvalue weighted by Gasteiger charge is -2.36. The van der Waals surface area contributed by atoms with Gasteiger partial charge in [-0.3, -0.25) is 0 Å². The molecule has 0 radical (unpaired) electrons. The van der Waals surface area contributed by atoms with E-state index in [-0.39, 0.29) is 12.1 Å². The molecule has 0 heterocycles. The van der Waals surface area contributed by atoms with Crippen LogP contribution in [0.2, 0.25) is 0 Å². The molecule has 0 saturated heterocycles. The Morgan fingerprint density at radius 3 is 2.53 bits per heavy atom. The SMILES string of the molecule is CC(C)OC(=O)NS(=O)(=O)N(CCCBr)C1CCC1. The third kappa shape index (κ3) is 5.27. The van der Waals surface area contributed by atoms with E-state index in [1.165, 1.54) is 4.31 Å². The van der Waals surface area contributed by atoms with E-state index in [9.17, 15) is 13.2 Å². The molecule has 1 rings (SSSR count). The number of carbonyl (C=O) groups excluding carboxylic acids is 1. The first-order valence-electron chi connectivity index (χ1n) is 6.43. The van der Waals surface area contributed by atoms with Crippen molar-refractivity contribution in [3.63, 3.8) is 0 Å². The van der Waals surface area contributed by atoms with Crippen LogP contribution in [-0.4, -0.2) is 42.8 Å². The summed E-state index contributed by atoms with van der Waals surface area (Å²) >= 11 is 3.28. The second kappa shape index (κ2) is 7.44. The third-order valence-electron chi connectivity index (χ3n) is 2.86. The van der Waals surface area contributed by atoms with Crippen LogP contribution in [0.3, 0.4) is 0 Å². The van der Waals surface area contributed by atoms with Gasteiger partial charge in [-0.15, -0.1) is 0 Å². The number of alkyl halides is 1. The van der Waals surface area contributed by atoms with E-state index in [0.29, 0.717) is 13.0 Å². The van der Waals surface area contributed by atoms with Crippen LogP contribution in [0.4, 0.5) is 4.79 Å². The summed E-state index contributed by atoms with van der Waals surface area (Å²) in [7, 11) is -3.81. The van der Waals surface area contributed by atoms with Gasteiger partial charge < -0.3 is 4.74 Å². The van der Waals surface area contributed by atoms with E-state index < -0.39 is 16.3 Å². The highest BCUT2D eigenvalue weighted by molar-refractivity contribution is 9.09. The van der Waals surface area contributed by atoms with Gasteiger partial charge in [-0.05, 0) is 33.1 Å². The van der Waals surface area contributed by atoms with Gasteiger partial charge in [0.2, 0.25) is 0 Å². The molecule has 1 aliphatic carbocycles. The summed E-state index contributed by atoms with van der Waals surface area (Å²) < 4.78 is 32.5. The van der Waals surface area contributed by atoms with Crippen molar-refractivity contribution in [3.8, 4) is 0 Å². The normalized spacial score (nSPS) is 16.5. The quantitative estimate of drug-likeness (QED) is 0.707. The Labute approximate surface area is 123 Å². The molecule has 0 aliphatic heterocycles. The van der Waals surface area contributed by atoms with Gasteiger partial charge in [0.25, 0.3) is 0 Å². The zero-order chi connectivity index (χ0) is 14.5. The molecule has 0 unspecified atom stereocenters. The van der Waals surface area contributed by atoms with Crippen LogP contribution in [0.25, 0.3) is 0 Å². The minimum Gasteiger partial charge on any atom is -0.446 e. The van der Waals surface area contributed by atoms with Gasteiger partial charge in [0.1, 0.15) is 0 Å². The van der Waals surface area contributed by atoms with Gasteiger partial charge in [0, 0.05) is 17.9 Å². The number of ether oxygens (including phenoxy) is 1. The molecule has 0 atom stereocenters. The van der Waals surface area contributed by atoms with Crippen LogP contribution >= 0.6 is 15.9 Å². The first kappa shape index (κ1) is 16.7. The number of amides is 1. The third-order valence-corrected chi connectivity index (χ3v) is 4.94. The summed E-state index contributed by atoms with van der Waals surface area (Å²) in [5, 5.41) is 0.724. The molecule has 0 aromatic carbocycles. The van der Waals surface area contributed by atoms with Crippen molar-refractivity contribution < 1.29 is 17.9 Å². The first-order chi connectivity index (χ1) is 8.86. The second-order valence-electron chi connectivity index (χ2n) is 4.80. The molecule has 1 N–H and O–H groups in total. The molecule has 1 aliphatic rings. The average molecular weight is 357 g/mol. The van der Waals surface area contributed by atoms with Crippen LogP contribution in [0.15, 0.2) is 0 Å². The summed E-state index contributed by atoms with van der Waals surface area (Å²) in [5.74, 6) is 0. The van der Waals surface area contributed by atoms with Crippen molar-refractivity contribution in [3.05, 3.63) is 0 Å². The number of rotatable bonds is 7. The Bertz CT molecular complexity index is 395. The molecule has 1 amide bonds. The van der Waals surface area contributed by atoms with Crippen molar-refractivity contribution in [2.45, 2.75) is 51.7 Å². The Morgan fingerprint density at radius 2 is 2.11 bits per heavy atom. The van der Waals surface area contributed by atoms with E-state index in [0.717, 1.165) is 24.6 Å². The standard InChI is InChI=1S/C11H21BrN2O4S/c1-9(2)18-11(15)13-19(16,17)14(8-4-7-12)10-5-3-6-10/h9-10H,3-8H2,1-2H3,(H,13,15). The zero-order valence-corrected chi connectivity index (χ0v) is 13.7. The lowest BCUT2D eigenvalue weighted by atomic mass is 9.93. The van der Waals surface area contributed by atoms with Crippen molar-refractivity contribution >= 4 is 32.2 Å². The lowest BCUT2D eigenvalue weighted by molar-refractivity contribution is 0.120. The topological polar surface area (TPSA) is 75.7 Å². The smallest absolute Gasteiger partial charge is 0.422 e. The second-order valence-corrected chi connectivity index (χ2v) is 7.22. The Hall–Kier alpha value is -0.340. The van der Waals surface area contributed by atoms with Crippen molar-refractivity contribution in [1.82, 2.24) is 9.03 Å². The Kier molecular flexibility index (Phi) is 6.55. The minimum absolute atomic E-state index is 0.00315. The van der Waals surface area contributed by atoms with Gasteiger partial charge in [0.05, 0.1) is 6.10 Å². The zero-order valence-electron chi connectivity index (χ0n) is 11.3. The number of hydrogen-bond donors (Lipinski definition) is 1. The Morgan fingerprint density at radius 1 is 1.47 bits per heavy atom. The van der Waals surface area contributed by atoms with Crippen LogP contribution in [-0.2, 0) is 14.9 Å². The molecule has 0 bridgehead atoms. The lowest BCUT2D eigenvalue weighted by Crippen LogP contribution is -2.51. The number of nitrogens with zero attached hydrogens (tertiary/aromatic N) is 1. The summed E-state index contributed by atoms with van der Waals surface area (Å²) in [6, 6.07) is 0.00315. The molecule has 6 nitrogen and oxygen atoms in total. The van der Waals surface area contributed by atoms with Gasteiger partial charge in [-0.1, -0.05) is 22.4 Å². The molecule has 0 spiro atoms. The summed E-state index contributed by atoms with van der Waals surface area (Å²) in [6.45, 7) is 3.74. The maximum Gasteiger partial charge on any atom is 0.422 e. The van der Waals surface area contributed by atoms with Gasteiger partial charge in [-0.2, -0.15) is 12.7 Å². The fraction of sp³-hybridized carbons (Fsp3) is 0.909. The van der Waals surface area contributed by atoms with E-state index >= 15 is 0 Å². The van der Waals surface area contributed by atoms with Crippen LogP contribution in [0.5, 0.6) is 0 Å². The molecule has 1 saturated carbocycles. The molecular weight excluding hydrogens is 336 g/mol. The predicted octanol–water partition coefficient (Wildman–Crippen LogP) is 2.01. The fourth-order valence-electron chi connectivity index (χ4n) is 1.79. The molecule has 8 heteroatoms. The van der Waals surface area contributed by atoms with Crippen molar-refractivity contribution in [2.75, 3.05) is 11.9 Å². The number of carbonyl (C=O) groups is 1. The molecule has 19 heavy (non-hydrogen) atoms. The summed E-state index contributed by atoms with van der Waals surface area (Å²) in [4.78, 5) is 11.4. The molecule has 112 valence electrons. The predicted molar refractivity (Wildman–Crippen MR) is 76.4 cm³/mol. The largest absolute Gasteiger partial charge is 0.446 e. The summed E-state index contributed by atoms with van der Waals surface area (Å²) in [6.07, 6.45) is 2.16.